The summed E-state index contributed by atoms with van der Waals surface area (Å²) in [7, 11) is 1.55. The summed E-state index contributed by atoms with van der Waals surface area (Å²) in [4.78, 5) is 12.3. The maximum atomic E-state index is 12.9. The van der Waals surface area contributed by atoms with Crippen molar-refractivity contribution in [2.24, 2.45) is 0 Å². The van der Waals surface area contributed by atoms with Crippen LogP contribution < -0.4 is 0 Å². The van der Waals surface area contributed by atoms with Crippen LogP contribution in [-0.4, -0.2) is 13.1 Å². The largest absolute Gasteiger partial charge is 0.455 e. The number of methoxy groups -OCH3 is 1. The zero-order chi connectivity index (χ0) is 16.2. The first-order valence-corrected chi connectivity index (χ1v) is 7.10. The summed E-state index contributed by atoms with van der Waals surface area (Å²) >= 11 is 0. The van der Waals surface area contributed by atoms with Gasteiger partial charge in [-0.2, -0.15) is 0 Å². The summed E-state index contributed by atoms with van der Waals surface area (Å²) in [5.41, 5.74) is 1.96. The van der Waals surface area contributed by atoms with E-state index in [9.17, 15) is 9.18 Å². The molecular weight excluding hydrogens is 299 g/mol. The summed E-state index contributed by atoms with van der Waals surface area (Å²) in [5, 5.41) is 0.822. The number of fused-ring (bicyclic) bond motifs is 1. The lowest BCUT2D eigenvalue weighted by molar-refractivity contribution is 0.0432. The van der Waals surface area contributed by atoms with E-state index >= 15 is 0 Å². The third-order valence-corrected chi connectivity index (χ3v) is 3.46. The first kappa shape index (κ1) is 15.2. The van der Waals surface area contributed by atoms with E-state index in [0.29, 0.717) is 16.7 Å². The van der Waals surface area contributed by atoms with E-state index in [0.717, 1.165) is 5.39 Å². The van der Waals surface area contributed by atoms with E-state index in [4.69, 9.17) is 13.9 Å². The van der Waals surface area contributed by atoms with E-state index in [1.807, 2.05) is 18.2 Å². The number of para-hydroxylation sites is 1. The van der Waals surface area contributed by atoms with Gasteiger partial charge in [0, 0.05) is 18.1 Å². The van der Waals surface area contributed by atoms with Crippen LogP contribution in [-0.2, 0) is 22.7 Å². The van der Waals surface area contributed by atoms with Crippen molar-refractivity contribution in [3.63, 3.8) is 0 Å². The number of benzene rings is 2. The molecule has 0 saturated carbocycles. The van der Waals surface area contributed by atoms with Gasteiger partial charge in [-0.3, -0.25) is 0 Å². The molecule has 118 valence electrons. The van der Waals surface area contributed by atoms with Gasteiger partial charge in [0.2, 0.25) is 5.76 Å². The van der Waals surface area contributed by atoms with E-state index in [2.05, 4.69) is 0 Å². The van der Waals surface area contributed by atoms with E-state index in [1.54, 1.807) is 25.3 Å². The predicted molar refractivity (Wildman–Crippen MR) is 82.4 cm³/mol. The highest BCUT2D eigenvalue weighted by molar-refractivity contribution is 5.96. The monoisotopic (exact) mass is 314 g/mol. The SMILES string of the molecule is COCc1c(C(=O)OCc2ccc(F)cc2)oc2ccccc12. The minimum absolute atomic E-state index is 0.0442. The number of carbonyl (C=O) groups excluding carboxylic acids is 1. The van der Waals surface area contributed by atoms with Crippen molar-refractivity contribution in [2.45, 2.75) is 13.2 Å². The number of ether oxygens (including phenoxy) is 2. The Hall–Kier alpha value is -2.66. The normalized spacial score (nSPS) is 10.9. The zero-order valence-electron chi connectivity index (χ0n) is 12.5. The summed E-state index contributed by atoms with van der Waals surface area (Å²) in [5.74, 6) is -0.771. The fraction of sp³-hybridized carbons (Fsp3) is 0.167. The summed E-state index contributed by atoms with van der Waals surface area (Å²) in [6, 6.07) is 13.1. The lowest BCUT2D eigenvalue weighted by Gasteiger charge is -2.05. The maximum absolute atomic E-state index is 12.9. The van der Waals surface area contributed by atoms with Crippen molar-refractivity contribution >= 4 is 16.9 Å². The minimum Gasteiger partial charge on any atom is -0.455 e. The van der Waals surface area contributed by atoms with Crippen molar-refractivity contribution in [2.75, 3.05) is 7.11 Å². The van der Waals surface area contributed by atoms with E-state index in [-0.39, 0.29) is 24.8 Å². The number of rotatable bonds is 5. The molecule has 1 heterocycles. The molecule has 0 amide bonds. The van der Waals surface area contributed by atoms with E-state index < -0.39 is 5.97 Å². The Morgan fingerprint density at radius 1 is 1.09 bits per heavy atom. The molecule has 0 unspecified atom stereocenters. The van der Waals surface area contributed by atoms with Gasteiger partial charge in [0.1, 0.15) is 18.0 Å². The average molecular weight is 314 g/mol. The third-order valence-electron chi connectivity index (χ3n) is 3.46. The molecule has 0 aliphatic heterocycles. The number of hydrogen-bond donors (Lipinski definition) is 0. The van der Waals surface area contributed by atoms with Gasteiger partial charge < -0.3 is 13.9 Å². The van der Waals surface area contributed by atoms with Crippen LogP contribution in [0.1, 0.15) is 21.7 Å². The summed E-state index contributed by atoms with van der Waals surface area (Å²) in [6.45, 7) is 0.292. The smallest absolute Gasteiger partial charge is 0.374 e. The lowest BCUT2D eigenvalue weighted by atomic mass is 10.1. The number of esters is 1. The molecule has 0 bridgehead atoms. The predicted octanol–water partition coefficient (Wildman–Crippen LogP) is 4.08. The number of furan rings is 1. The minimum atomic E-state index is -0.572. The highest BCUT2D eigenvalue weighted by Gasteiger charge is 2.21. The molecule has 0 saturated heterocycles. The number of halogens is 1. The fourth-order valence-corrected chi connectivity index (χ4v) is 2.35. The van der Waals surface area contributed by atoms with Crippen LogP contribution in [0.2, 0.25) is 0 Å². The second-order valence-electron chi connectivity index (χ2n) is 5.04. The Balaban J connectivity index is 1.82. The van der Waals surface area contributed by atoms with Gasteiger partial charge in [0.15, 0.2) is 0 Å². The molecule has 23 heavy (non-hydrogen) atoms. The number of hydrogen-bond acceptors (Lipinski definition) is 4. The van der Waals surface area contributed by atoms with Crippen LogP contribution in [0, 0.1) is 5.82 Å². The molecule has 2 aromatic carbocycles. The quantitative estimate of drug-likeness (QED) is 0.666. The maximum Gasteiger partial charge on any atom is 0.374 e. The Labute approximate surface area is 132 Å². The summed E-state index contributed by atoms with van der Waals surface area (Å²) in [6.07, 6.45) is 0. The van der Waals surface area contributed by atoms with Crippen molar-refractivity contribution in [1.29, 1.82) is 0 Å². The lowest BCUT2D eigenvalue weighted by Crippen LogP contribution is -2.07. The second-order valence-corrected chi connectivity index (χ2v) is 5.04. The molecule has 0 radical (unpaired) electrons. The van der Waals surface area contributed by atoms with Crippen LogP contribution >= 0.6 is 0 Å². The van der Waals surface area contributed by atoms with Crippen LogP contribution in [0.5, 0.6) is 0 Å². The first-order chi connectivity index (χ1) is 11.2. The third kappa shape index (κ3) is 3.24. The highest BCUT2D eigenvalue weighted by atomic mass is 19.1. The van der Waals surface area contributed by atoms with Crippen LogP contribution in [0.15, 0.2) is 52.9 Å². The van der Waals surface area contributed by atoms with Crippen molar-refractivity contribution in [3.05, 3.63) is 71.2 Å². The molecule has 0 aliphatic rings. The Bertz CT molecular complexity index is 821. The standard InChI is InChI=1S/C18H15FO4/c1-21-11-15-14-4-2-3-5-16(14)23-17(15)18(20)22-10-12-6-8-13(19)9-7-12/h2-9H,10-11H2,1H3. The van der Waals surface area contributed by atoms with Gasteiger partial charge >= 0.3 is 5.97 Å². The van der Waals surface area contributed by atoms with Gasteiger partial charge in [-0.25, -0.2) is 9.18 Å². The topological polar surface area (TPSA) is 48.7 Å². The van der Waals surface area contributed by atoms with Gasteiger partial charge in [-0.15, -0.1) is 0 Å². The molecule has 0 N–H and O–H groups in total. The Kier molecular flexibility index (Phi) is 4.39. The average Bonchev–Trinajstić information content (AvgIpc) is 2.93. The second kappa shape index (κ2) is 6.62. The van der Waals surface area contributed by atoms with Crippen LogP contribution in [0.25, 0.3) is 11.0 Å². The van der Waals surface area contributed by atoms with Crippen LogP contribution in [0.3, 0.4) is 0 Å². The molecule has 0 fully saturated rings. The van der Waals surface area contributed by atoms with E-state index in [1.165, 1.54) is 12.1 Å². The summed E-state index contributed by atoms with van der Waals surface area (Å²) < 4.78 is 28.9. The molecule has 4 nitrogen and oxygen atoms in total. The van der Waals surface area contributed by atoms with Crippen molar-refractivity contribution in [1.82, 2.24) is 0 Å². The fourth-order valence-electron chi connectivity index (χ4n) is 2.35. The van der Waals surface area contributed by atoms with Gasteiger partial charge in [-0.1, -0.05) is 30.3 Å². The van der Waals surface area contributed by atoms with Crippen molar-refractivity contribution in [3.8, 4) is 0 Å². The first-order valence-electron chi connectivity index (χ1n) is 7.10. The molecule has 5 heteroatoms. The van der Waals surface area contributed by atoms with Gasteiger partial charge in [0.25, 0.3) is 0 Å². The van der Waals surface area contributed by atoms with Crippen molar-refractivity contribution < 1.29 is 23.1 Å². The molecule has 3 aromatic rings. The molecule has 0 spiro atoms. The highest BCUT2D eigenvalue weighted by Crippen LogP contribution is 2.27. The molecule has 0 atom stereocenters. The number of carbonyl (C=O) groups is 1. The molecular formula is C18H15FO4. The molecule has 3 rings (SSSR count). The van der Waals surface area contributed by atoms with Gasteiger partial charge in [0.05, 0.1) is 6.61 Å². The zero-order valence-corrected chi connectivity index (χ0v) is 12.5. The Morgan fingerprint density at radius 3 is 2.57 bits per heavy atom. The molecule has 0 aliphatic carbocycles. The van der Waals surface area contributed by atoms with Gasteiger partial charge in [-0.05, 0) is 23.8 Å². The Morgan fingerprint density at radius 2 is 1.83 bits per heavy atom. The van der Waals surface area contributed by atoms with Crippen LogP contribution in [0.4, 0.5) is 4.39 Å². The molecule has 1 aromatic heterocycles.